The van der Waals surface area contributed by atoms with Gasteiger partial charge >= 0.3 is 35.8 Å². The summed E-state index contributed by atoms with van der Waals surface area (Å²) < 4.78 is 36.5. The molecule has 1 amide bonds. The molecule has 6 unspecified atom stereocenters. The van der Waals surface area contributed by atoms with Crippen molar-refractivity contribution in [3.63, 3.8) is 0 Å². The Morgan fingerprint density at radius 3 is 1.85 bits per heavy atom. The summed E-state index contributed by atoms with van der Waals surface area (Å²) in [6.45, 7) is 9.49. The van der Waals surface area contributed by atoms with Crippen LogP contribution in [0.25, 0.3) is 0 Å². The number of carbonyl (C=O) groups excluding carboxylic acids is 7. The fourth-order valence-electron chi connectivity index (χ4n) is 11.6. The van der Waals surface area contributed by atoms with Gasteiger partial charge in [0, 0.05) is 70.1 Å². The van der Waals surface area contributed by atoms with E-state index in [2.05, 4.69) is 5.32 Å². The van der Waals surface area contributed by atoms with E-state index in [-0.39, 0.29) is 67.1 Å². The van der Waals surface area contributed by atoms with Gasteiger partial charge in [-0.25, -0.2) is 9.59 Å². The molecule has 3 aliphatic carbocycles. The number of aliphatic hydroxyl groups excluding tert-OH is 4. The van der Waals surface area contributed by atoms with Crippen molar-refractivity contribution in [2.45, 2.75) is 128 Å². The van der Waals surface area contributed by atoms with Crippen LogP contribution < -0.4 is 5.32 Å². The van der Waals surface area contributed by atoms with Gasteiger partial charge in [0.05, 0.1) is 49.4 Å². The Balaban J connectivity index is 0.000000938. The van der Waals surface area contributed by atoms with Crippen LogP contribution in [0.3, 0.4) is 0 Å². The van der Waals surface area contributed by atoms with Crippen molar-refractivity contribution in [2.24, 2.45) is 16.7 Å². The van der Waals surface area contributed by atoms with Crippen molar-refractivity contribution >= 4 is 47.5 Å². The highest BCUT2D eigenvalue weighted by atomic mass is 16.6. The number of ketones is 1. The quantitative estimate of drug-likeness (QED) is 0.0458. The maximum absolute atomic E-state index is 15.7. The molecule has 3 fully saturated rings. The molecule has 3 aromatic rings. The minimum atomic E-state index is -2.49. The molecule has 22 heteroatoms. The molecule has 1 aliphatic heterocycles. The number of nitrogens with zero attached hydrogens (tertiary/aromatic N) is 1. The molecule has 11 atom stereocenters. The van der Waals surface area contributed by atoms with Crippen LogP contribution in [0.15, 0.2) is 102 Å². The van der Waals surface area contributed by atoms with E-state index in [1.807, 2.05) is 0 Å². The smallest absolute Gasteiger partial charge is 0.350 e. The Morgan fingerprint density at radius 2 is 1.34 bits per heavy atom. The van der Waals surface area contributed by atoms with E-state index in [1.54, 1.807) is 71.6 Å². The normalized spacial score (nSPS) is 27.1. The van der Waals surface area contributed by atoms with Gasteiger partial charge in [0.15, 0.2) is 17.5 Å². The van der Waals surface area contributed by atoms with Crippen molar-refractivity contribution < 1.29 is 97.4 Å². The molecule has 434 valence electrons. The molecule has 80 heavy (non-hydrogen) atoms. The van der Waals surface area contributed by atoms with Crippen LogP contribution in [0.1, 0.15) is 106 Å². The maximum Gasteiger partial charge on any atom is 0.350 e. The molecular formula is C58H72N2O20. The molecule has 7 N–H and O–H groups in total. The van der Waals surface area contributed by atoms with Crippen LogP contribution in [-0.4, -0.2) is 177 Å². The average molecular weight is 1120 g/mol. The lowest BCUT2D eigenvalue weighted by molar-refractivity contribution is -0.346. The molecule has 4 aliphatic rings. The highest BCUT2D eigenvalue weighted by Crippen LogP contribution is 2.64. The number of carboxylic acid groups (broad SMARTS) is 1. The van der Waals surface area contributed by atoms with Gasteiger partial charge in [-0.15, -0.1) is 0 Å². The van der Waals surface area contributed by atoms with E-state index < -0.39 is 137 Å². The second-order valence-electron chi connectivity index (χ2n) is 21.1. The lowest BCUT2D eigenvalue weighted by atomic mass is 9.44. The Bertz CT molecular complexity index is 2720. The molecule has 0 radical (unpaired) electrons. The van der Waals surface area contributed by atoms with E-state index >= 15 is 9.59 Å². The summed E-state index contributed by atoms with van der Waals surface area (Å²) in [4.78, 5) is 112. The third kappa shape index (κ3) is 13.1. The number of carbonyl (C=O) groups is 8. The second kappa shape index (κ2) is 26.6. The van der Waals surface area contributed by atoms with Crippen molar-refractivity contribution in [3.8, 4) is 0 Å². The van der Waals surface area contributed by atoms with E-state index in [0.29, 0.717) is 19.6 Å². The van der Waals surface area contributed by atoms with Crippen LogP contribution in [0, 0.1) is 16.7 Å². The Labute approximate surface area is 462 Å². The number of fused-ring (bicyclic) bond motifs is 5. The molecular weight excluding hydrogens is 1040 g/mol. The third-order valence-electron chi connectivity index (χ3n) is 15.7. The summed E-state index contributed by atoms with van der Waals surface area (Å²) in [5.41, 5.74) is -7.67. The monoisotopic (exact) mass is 1120 g/mol. The number of hydrogen-bond donors (Lipinski definition) is 7. The molecule has 0 spiro atoms. The highest BCUT2D eigenvalue weighted by Gasteiger charge is 2.78. The lowest BCUT2D eigenvalue weighted by Crippen LogP contribution is -2.82. The number of benzene rings is 3. The topological polar surface area (TPSA) is 329 Å². The third-order valence-corrected chi connectivity index (χ3v) is 15.7. The van der Waals surface area contributed by atoms with Crippen LogP contribution in [-0.2, 0) is 57.2 Å². The number of esters is 5. The number of Topliss-reactive ketones (excluding diaryl/α,β-unsaturated/α-hetero) is 1. The zero-order valence-corrected chi connectivity index (χ0v) is 45.6. The molecule has 2 saturated carbocycles. The van der Waals surface area contributed by atoms with Gasteiger partial charge in [-0.1, -0.05) is 80.6 Å². The molecule has 2 bridgehead atoms. The van der Waals surface area contributed by atoms with E-state index in [4.69, 9.17) is 43.7 Å². The average Bonchev–Trinajstić information content (AvgIpc) is 3.55. The summed E-state index contributed by atoms with van der Waals surface area (Å²) >= 11 is 0. The van der Waals surface area contributed by atoms with Crippen molar-refractivity contribution in [1.29, 1.82) is 0 Å². The number of carboxylic acids is 1. The number of rotatable bonds is 21. The largest absolute Gasteiger partial charge is 0.481 e. The molecule has 22 nitrogen and oxygen atoms in total. The SMILES string of the molecule is CC(=O)O[C@H]1C(=O)[C@@]2(C)C([C@H](OC(=O)c3ccccc3)[C@]3(O)CC(OC(=O)C(OC(=O)CCCC(=O)O)C(NC(=O)c4ccccc4)c4ccccc4)C(C)=C1C3(C)C)C1(OC(C)=O)COC1C[C@@H]2O.OCCN(CCO)CCO. The van der Waals surface area contributed by atoms with Crippen molar-refractivity contribution in [3.05, 3.63) is 119 Å². The first-order chi connectivity index (χ1) is 37.9. The summed E-state index contributed by atoms with van der Waals surface area (Å²) in [5.74, 6) is -9.41. The van der Waals surface area contributed by atoms with Gasteiger partial charge in [0.25, 0.3) is 5.91 Å². The van der Waals surface area contributed by atoms with E-state index in [0.717, 1.165) is 13.8 Å². The minimum Gasteiger partial charge on any atom is -0.481 e. The molecule has 1 heterocycles. The molecule has 1 saturated heterocycles. The van der Waals surface area contributed by atoms with Crippen molar-refractivity contribution in [1.82, 2.24) is 10.2 Å². The Kier molecular flexibility index (Phi) is 20.7. The van der Waals surface area contributed by atoms with Gasteiger partial charge in [-0.3, -0.25) is 33.7 Å². The lowest BCUT2D eigenvalue weighted by Gasteiger charge is -2.67. The first kappa shape index (κ1) is 62.3. The van der Waals surface area contributed by atoms with Gasteiger partial charge in [-0.2, -0.15) is 0 Å². The number of ether oxygens (including phenoxy) is 6. The van der Waals surface area contributed by atoms with Crippen LogP contribution in [0.5, 0.6) is 0 Å². The summed E-state index contributed by atoms with van der Waals surface area (Å²) in [7, 11) is 0. The Morgan fingerprint density at radius 1 is 0.775 bits per heavy atom. The van der Waals surface area contributed by atoms with E-state index in [1.165, 1.54) is 52.0 Å². The fourth-order valence-corrected chi connectivity index (χ4v) is 11.6. The first-order valence-electron chi connectivity index (χ1n) is 26.4. The highest BCUT2D eigenvalue weighted by molar-refractivity contribution is 5.96. The number of aliphatic carboxylic acids is 1. The van der Waals surface area contributed by atoms with Crippen LogP contribution >= 0.6 is 0 Å². The minimum absolute atomic E-state index is 0.0272. The second-order valence-corrected chi connectivity index (χ2v) is 21.1. The van der Waals surface area contributed by atoms with Crippen LogP contribution in [0.2, 0.25) is 0 Å². The molecule has 0 aromatic heterocycles. The summed E-state index contributed by atoms with van der Waals surface area (Å²) in [5, 5.41) is 63.6. The number of nitrogens with one attached hydrogen (secondary N) is 1. The maximum atomic E-state index is 15.7. The van der Waals surface area contributed by atoms with Crippen LogP contribution in [0.4, 0.5) is 0 Å². The number of hydrogen-bond acceptors (Lipinski definition) is 20. The van der Waals surface area contributed by atoms with E-state index in [9.17, 15) is 44.1 Å². The van der Waals surface area contributed by atoms with Gasteiger partial charge < -0.3 is 64.4 Å². The van der Waals surface area contributed by atoms with Gasteiger partial charge in [0.1, 0.15) is 30.0 Å². The first-order valence-corrected chi connectivity index (χ1v) is 26.4. The standard InChI is InChI=1S/C52H57NO17.C6H15NO3/c1-28-34(67-48(63)42(68-38(59)24-16-23-37(57)58)40(31-17-10-7-11-18-31)53-46(61)32-19-12-8-13-20-32)26-52(64)45(69-47(62)33-21-14-9-15-22-33)43-50(6,35(56)25-36-51(43,27-65-36)70-30(3)55)44(60)41(66-29(2)54)39(28)49(52,4)5;8-4-1-7(2-5-9)3-6-10/h7-15,17-22,34-36,40-43,45,56,64H,16,23-27H2,1-6H3,(H,53,61)(H,57,58);8-10H,1-6H2/t34?,35-,36?,40?,41+,42?,43?,45-,50+,51?,52+;/m0./s1. The fraction of sp³-hybridized carbons (Fsp3) is 0.517. The molecule has 3 aromatic carbocycles. The van der Waals surface area contributed by atoms with Gasteiger partial charge in [-0.05, 0) is 61.2 Å². The predicted octanol–water partition coefficient (Wildman–Crippen LogP) is 2.81. The zero-order valence-electron chi connectivity index (χ0n) is 45.6. The molecule has 7 rings (SSSR count). The number of aliphatic hydroxyl groups is 5. The summed E-state index contributed by atoms with van der Waals surface area (Å²) in [6, 6.07) is 22.3. The zero-order chi connectivity index (χ0) is 58.7. The van der Waals surface area contributed by atoms with Gasteiger partial charge in [0.2, 0.25) is 6.10 Å². The summed E-state index contributed by atoms with van der Waals surface area (Å²) in [6.07, 6.45) is -12.0. The Hall–Kier alpha value is -6.92. The van der Waals surface area contributed by atoms with Crippen molar-refractivity contribution in [2.75, 3.05) is 46.1 Å². The number of amides is 1. The predicted molar refractivity (Wildman–Crippen MR) is 281 cm³/mol.